The van der Waals surface area contributed by atoms with Gasteiger partial charge in [0.05, 0.1) is 18.8 Å². The Morgan fingerprint density at radius 1 is 1.47 bits per heavy atom. The van der Waals surface area contributed by atoms with Gasteiger partial charge in [0, 0.05) is 18.7 Å². The molecule has 4 heteroatoms. The first-order valence-corrected chi connectivity index (χ1v) is 7.06. The Labute approximate surface area is 116 Å². The zero-order valence-electron chi connectivity index (χ0n) is 12.4. The molecule has 0 aromatic carbocycles. The van der Waals surface area contributed by atoms with E-state index in [1.165, 1.54) is 6.42 Å². The Bertz CT molecular complexity index is 408. The van der Waals surface area contributed by atoms with Gasteiger partial charge in [0.15, 0.2) is 0 Å². The molecule has 0 bridgehead atoms. The lowest BCUT2D eigenvalue weighted by Gasteiger charge is -2.25. The summed E-state index contributed by atoms with van der Waals surface area (Å²) in [6, 6.07) is 6.96. The molecule has 1 fully saturated rings. The fourth-order valence-corrected chi connectivity index (χ4v) is 2.80. The van der Waals surface area contributed by atoms with Crippen molar-refractivity contribution in [3.63, 3.8) is 0 Å². The quantitative estimate of drug-likeness (QED) is 0.882. The summed E-state index contributed by atoms with van der Waals surface area (Å²) in [5, 5.41) is 3.55. The number of aromatic nitrogens is 1. The number of nitrogens with one attached hydrogen (secondary N) is 1. The molecule has 1 saturated heterocycles. The van der Waals surface area contributed by atoms with Crippen LogP contribution >= 0.6 is 0 Å². The van der Waals surface area contributed by atoms with E-state index in [1.54, 1.807) is 7.11 Å². The van der Waals surface area contributed by atoms with Gasteiger partial charge in [-0.25, -0.2) is 4.98 Å². The van der Waals surface area contributed by atoms with E-state index in [2.05, 4.69) is 42.2 Å². The smallest absolute Gasteiger partial charge is 0.213 e. The monoisotopic (exact) mass is 263 g/mol. The Balaban J connectivity index is 2.13. The van der Waals surface area contributed by atoms with Crippen molar-refractivity contribution in [3.05, 3.63) is 23.9 Å². The fourth-order valence-electron chi connectivity index (χ4n) is 2.80. The third kappa shape index (κ3) is 3.45. The molecule has 0 amide bonds. The average molecular weight is 263 g/mol. The summed E-state index contributed by atoms with van der Waals surface area (Å²) in [4.78, 5) is 7.01. The van der Waals surface area contributed by atoms with Crippen LogP contribution in [0.25, 0.3) is 0 Å². The van der Waals surface area contributed by atoms with Gasteiger partial charge in [0.2, 0.25) is 5.88 Å². The van der Waals surface area contributed by atoms with Gasteiger partial charge in [-0.3, -0.25) is 4.90 Å². The molecule has 1 N–H and O–H groups in total. The largest absolute Gasteiger partial charge is 0.481 e. The number of likely N-dealkylation sites (tertiary alicyclic amines) is 1. The lowest BCUT2D eigenvalue weighted by molar-refractivity contribution is 0.261. The van der Waals surface area contributed by atoms with E-state index in [9.17, 15) is 0 Å². The van der Waals surface area contributed by atoms with Crippen molar-refractivity contribution in [1.29, 1.82) is 0 Å². The first-order chi connectivity index (χ1) is 9.11. The first-order valence-electron chi connectivity index (χ1n) is 7.06. The van der Waals surface area contributed by atoms with Gasteiger partial charge in [-0.1, -0.05) is 19.9 Å². The van der Waals surface area contributed by atoms with Gasteiger partial charge >= 0.3 is 0 Å². The second-order valence-electron chi connectivity index (χ2n) is 5.64. The highest BCUT2D eigenvalue weighted by Gasteiger charge is 2.33. The molecule has 2 heterocycles. The van der Waals surface area contributed by atoms with E-state index in [4.69, 9.17) is 4.74 Å². The highest BCUT2D eigenvalue weighted by atomic mass is 16.5. The predicted molar refractivity (Wildman–Crippen MR) is 77.4 cm³/mol. The zero-order valence-corrected chi connectivity index (χ0v) is 12.4. The van der Waals surface area contributed by atoms with E-state index < -0.39 is 0 Å². The van der Waals surface area contributed by atoms with E-state index >= 15 is 0 Å². The average Bonchev–Trinajstić information content (AvgIpc) is 2.77. The molecular formula is C15H25N3O. The summed E-state index contributed by atoms with van der Waals surface area (Å²) >= 11 is 0. The third-order valence-electron chi connectivity index (χ3n) is 3.82. The van der Waals surface area contributed by atoms with Crippen molar-refractivity contribution in [2.45, 2.75) is 32.4 Å². The predicted octanol–water partition coefficient (Wildman–Crippen LogP) is 2.08. The van der Waals surface area contributed by atoms with Gasteiger partial charge in [-0.05, 0) is 32.0 Å². The fraction of sp³-hybridized carbons (Fsp3) is 0.667. The van der Waals surface area contributed by atoms with Gasteiger partial charge in [-0.2, -0.15) is 0 Å². The van der Waals surface area contributed by atoms with Crippen LogP contribution in [-0.4, -0.2) is 43.2 Å². The van der Waals surface area contributed by atoms with Crippen LogP contribution < -0.4 is 10.1 Å². The number of hydrogen-bond acceptors (Lipinski definition) is 4. The maximum Gasteiger partial charge on any atom is 0.213 e. The number of ether oxygens (including phenoxy) is 1. The lowest BCUT2D eigenvalue weighted by Crippen LogP contribution is -2.32. The second kappa shape index (κ2) is 6.35. The van der Waals surface area contributed by atoms with Crippen LogP contribution in [0.4, 0.5) is 0 Å². The minimum atomic E-state index is 0.390. The second-order valence-corrected chi connectivity index (χ2v) is 5.64. The van der Waals surface area contributed by atoms with Crippen molar-refractivity contribution in [2.24, 2.45) is 5.92 Å². The van der Waals surface area contributed by atoms with Crippen LogP contribution in [0.1, 0.15) is 32.0 Å². The van der Waals surface area contributed by atoms with Crippen molar-refractivity contribution in [3.8, 4) is 5.88 Å². The molecule has 0 spiro atoms. The summed E-state index contributed by atoms with van der Waals surface area (Å²) in [6.07, 6.45) is 1.22. The number of rotatable bonds is 5. The molecule has 0 saturated carbocycles. The molecular weight excluding hydrogens is 238 g/mol. The topological polar surface area (TPSA) is 37.4 Å². The van der Waals surface area contributed by atoms with Gasteiger partial charge in [0.25, 0.3) is 0 Å². The van der Waals surface area contributed by atoms with Crippen LogP contribution in [0.15, 0.2) is 18.2 Å². The van der Waals surface area contributed by atoms with Crippen LogP contribution in [0.3, 0.4) is 0 Å². The molecule has 1 aliphatic heterocycles. The van der Waals surface area contributed by atoms with Gasteiger partial charge in [-0.15, -0.1) is 0 Å². The molecule has 1 aromatic rings. The van der Waals surface area contributed by atoms with Crippen molar-refractivity contribution in [2.75, 3.05) is 27.2 Å². The van der Waals surface area contributed by atoms with Crippen molar-refractivity contribution < 1.29 is 4.74 Å². The molecule has 2 atom stereocenters. The van der Waals surface area contributed by atoms with Crippen LogP contribution in [0.2, 0.25) is 0 Å². The maximum absolute atomic E-state index is 5.24. The summed E-state index contributed by atoms with van der Waals surface area (Å²) < 4.78 is 5.24. The SMILES string of the molecule is COc1cccc(C2C(CNC(C)C)CCN2C)n1. The van der Waals surface area contributed by atoms with Gasteiger partial charge < -0.3 is 10.1 Å². The highest BCUT2D eigenvalue weighted by molar-refractivity contribution is 5.20. The molecule has 106 valence electrons. The first kappa shape index (κ1) is 14.3. The molecule has 1 aliphatic rings. The highest BCUT2D eigenvalue weighted by Crippen LogP contribution is 2.35. The summed E-state index contributed by atoms with van der Waals surface area (Å²) in [7, 11) is 3.85. The Kier molecular flexibility index (Phi) is 4.77. The summed E-state index contributed by atoms with van der Waals surface area (Å²) in [5.74, 6) is 1.32. The number of methoxy groups -OCH3 is 1. The normalized spacial score (nSPS) is 24.1. The van der Waals surface area contributed by atoms with E-state index in [0.29, 0.717) is 23.9 Å². The minimum absolute atomic E-state index is 0.390. The van der Waals surface area contributed by atoms with E-state index in [0.717, 1.165) is 18.8 Å². The van der Waals surface area contributed by atoms with E-state index in [1.807, 2.05) is 12.1 Å². The molecule has 4 nitrogen and oxygen atoms in total. The van der Waals surface area contributed by atoms with E-state index in [-0.39, 0.29) is 0 Å². The van der Waals surface area contributed by atoms with Crippen LogP contribution in [0.5, 0.6) is 5.88 Å². The van der Waals surface area contributed by atoms with Crippen molar-refractivity contribution >= 4 is 0 Å². The lowest BCUT2D eigenvalue weighted by atomic mass is 9.97. The Morgan fingerprint density at radius 2 is 2.26 bits per heavy atom. The van der Waals surface area contributed by atoms with Crippen LogP contribution in [0, 0.1) is 5.92 Å². The number of pyridine rings is 1. The maximum atomic E-state index is 5.24. The van der Waals surface area contributed by atoms with Crippen molar-refractivity contribution in [1.82, 2.24) is 15.2 Å². The molecule has 0 radical (unpaired) electrons. The Morgan fingerprint density at radius 3 is 2.95 bits per heavy atom. The summed E-state index contributed by atoms with van der Waals surface area (Å²) in [5.41, 5.74) is 1.12. The molecule has 2 unspecified atom stereocenters. The standard InChI is InChI=1S/C15H25N3O/c1-11(2)16-10-12-8-9-18(3)15(12)13-6-5-7-14(17-13)19-4/h5-7,11-12,15-16H,8-10H2,1-4H3. The number of hydrogen-bond donors (Lipinski definition) is 1. The molecule has 1 aromatic heterocycles. The zero-order chi connectivity index (χ0) is 13.8. The summed E-state index contributed by atoms with van der Waals surface area (Å²) in [6.45, 7) is 6.56. The minimum Gasteiger partial charge on any atom is -0.481 e. The molecule has 0 aliphatic carbocycles. The van der Waals surface area contributed by atoms with Gasteiger partial charge in [0.1, 0.15) is 0 Å². The third-order valence-corrected chi connectivity index (χ3v) is 3.82. The molecule has 19 heavy (non-hydrogen) atoms. The Hall–Kier alpha value is -1.13. The number of nitrogens with zero attached hydrogens (tertiary/aromatic N) is 2. The molecule has 2 rings (SSSR count). The van der Waals surface area contributed by atoms with Crippen LogP contribution in [-0.2, 0) is 0 Å².